The highest BCUT2D eigenvalue weighted by molar-refractivity contribution is 7.89. The van der Waals surface area contributed by atoms with Crippen LogP contribution in [0.1, 0.15) is 16.8 Å². The van der Waals surface area contributed by atoms with Crippen LogP contribution in [0.4, 0.5) is 0 Å². The van der Waals surface area contributed by atoms with Crippen molar-refractivity contribution in [2.45, 2.75) is 11.3 Å². The van der Waals surface area contributed by atoms with Gasteiger partial charge < -0.3 is 10.4 Å². The number of carbonyl (C=O) groups is 1. The van der Waals surface area contributed by atoms with E-state index in [2.05, 4.69) is 10.0 Å². The Bertz CT molecular complexity index is 560. The molecule has 0 fully saturated rings. The molecule has 0 amide bonds. The number of carboxylic acids is 1. The van der Waals surface area contributed by atoms with E-state index in [4.69, 9.17) is 16.7 Å². The number of carboxylic acid groups (broad SMARTS) is 1. The second-order valence-corrected chi connectivity index (χ2v) is 5.98. The molecule has 1 aromatic carbocycles. The summed E-state index contributed by atoms with van der Waals surface area (Å²) in [6.45, 7) is 0.956. The van der Waals surface area contributed by atoms with Crippen molar-refractivity contribution in [3.63, 3.8) is 0 Å². The van der Waals surface area contributed by atoms with Gasteiger partial charge in [-0.25, -0.2) is 17.9 Å². The minimum Gasteiger partial charge on any atom is -0.478 e. The lowest BCUT2D eigenvalue weighted by atomic mass is 10.2. The first-order valence-electron chi connectivity index (χ1n) is 5.55. The Kier molecular flexibility index (Phi) is 5.74. The van der Waals surface area contributed by atoms with Crippen molar-refractivity contribution >= 4 is 27.6 Å². The van der Waals surface area contributed by atoms with Gasteiger partial charge in [0.25, 0.3) is 0 Å². The van der Waals surface area contributed by atoms with E-state index in [-0.39, 0.29) is 22.0 Å². The first-order valence-corrected chi connectivity index (χ1v) is 7.41. The van der Waals surface area contributed by atoms with Crippen molar-refractivity contribution in [1.29, 1.82) is 0 Å². The summed E-state index contributed by atoms with van der Waals surface area (Å²) in [4.78, 5) is 10.8. The van der Waals surface area contributed by atoms with Crippen LogP contribution >= 0.6 is 11.6 Å². The molecule has 0 atom stereocenters. The van der Waals surface area contributed by atoms with E-state index in [1.54, 1.807) is 7.05 Å². The molecule has 0 heterocycles. The second kappa shape index (κ2) is 6.85. The van der Waals surface area contributed by atoms with Gasteiger partial charge in [0.1, 0.15) is 0 Å². The topological polar surface area (TPSA) is 95.5 Å². The number of hydrogen-bond acceptors (Lipinski definition) is 4. The summed E-state index contributed by atoms with van der Waals surface area (Å²) >= 11 is 5.68. The molecule has 0 spiro atoms. The molecule has 19 heavy (non-hydrogen) atoms. The van der Waals surface area contributed by atoms with Gasteiger partial charge in [0, 0.05) is 6.54 Å². The molecular formula is C11H15ClN2O4S. The molecule has 0 unspecified atom stereocenters. The zero-order chi connectivity index (χ0) is 14.5. The number of aromatic carboxylic acids is 1. The summed E-state index contributed by atoms with van der Waals surface area (Å²) in [7, 11) is -1.94. The van der Waals surface area contributed by atoms with Crippen LogP contribution in [0.25, 0.3) is 0 Å². The molecule has 0 aliphatic carbocycles. The molecule has 3 N–H and O–H groups in total. The number of benzene rings is 1. The average molecular weight is 307 g/mol. The molecular weight excluding hydrogens is 292 g/mol. The normalized spacial score (nSPS) is 11.5. The zero-order valence-electron chi connectivity index (χ0n) is 10.3. The van der Waals surface area contributed by atoms with Gasteiger partial charge in [0.05, 0.1) is 15.5 Å². The van der Waals surface area contributed by atoms with Gasteiger partial charge in [-0.1, -0.05) is 11.6 Å². The van der Waals surface area contributed by atoms with E-state index < -0.39 is 16.0 Å². The van der Waals surface area contributed by atoms with Crippen molar-refractivity contribution in [2.24, 2.45) is 0 Å². The van der Waals surface area contributed by atoms with Crippen LogP contribution in [0, 0.1) is 0 Å². The predicted octanol–water partition coefficient (Wildman–Crippen LogP) is 0.926. The molecule has 0 aliphatic rings. The summed E-state index contributed by atoms with van der Waals surface area (Å²) < 4.78 is 26.2. The molecule has 8 heteroatoms. The fourth-order valence-electron chi connectivity index (χ4n) is 1.39. The molecule has 6 nitrogen and oxygen atoms in total. The molecule has 0 radical (unpaired) electrons. The molecule has 0 bridgehead atoms. The summed E-state index contributed by atoms with van der Waals surface area (Å²) in [6, 6.07) is 3.58. The minimum absolute atomic E-state index is 0.00151. The van der Waals surface area contributed by atoms with Gasteiger partial charge in [-0.2, -0.15) is 0 Å². The van der Waals surface area contributed by atoms with Crippen LogP contribution in [0.15, 0.2) is 23.1 Å². The van der Waals surface area contributed by atoms with E-state index in [1.807, 2.05) is 0 Å². The third kappa shape index (κ3) is 4.46. The van der Waals surface area contributed by atoms with Crippen LogP contribution in [0.5, 0.6) is 0 Å². The minimum atomic E-state index is -3.71. The maximum absolute atomic E-state index is 11.9. The van der Waals surface area contributed by atoms with Gasteiger partial charge in [0.2, 0.25) is 10.0 Å². The first kappa shape index (κ1) is 15.9. The highest BCUT2D eigenvalue weighted by Gasteiger charge is 2.17. The summed E-state index contributed by atoms with van der Waals surface area (Å²) in [5.41, 5.74) is -0.236. The van der Waals surface area contributed by atoms with Crippen molar-refractivity contribution in [3.05, 3.63) is 28.8 Å². The SMILES string of the molecule is CNCCCNS(=O)(=O)c1ccc(Cl)c(C(=O)O)c1. The molecule has 0 aromatic heterocycles. The Morgan fingerprint density at radius 1 is 1.37 bits per heavy atom. The monoisotopic (exact) mass is 306 g/mol. The Morgan fingerprint density at radius 2 is 2.05 bits per heavy atom. The lowest BCUT2D eigenvalue weighted by molar-refractivity contribution is 0.0697. The van der Waals surface area contributed by atoms with Crippen LogP contribution in [-0.4, -0.2) is 39.6 Å². The summed E-state index contributed by atoms with van der Waals surface area (Å²) in [5.74, 6) is -1.27. The first-order chi connectivity index (χ1) is 8.88. The fourth-order valence-corrected chi connectivity index (χ4v) is 2.69. The summed E-state index contributed by atoms with van der Waals surface area (Å²) in [5, 5.41) is 11.8. The second-order valence-electron chi connectivity index (χ2n) is 3.80. The average Bonchev–Trinajstić information content (AvgIpc) is 2.34. The Hall–Kier alpha value is -1.15. The lowest BCUT2D eigenvalue weighted by Crippen LogP contribution is -2.27. The zero-order valence-corrected chi connectivity index (χ0v) is 11.9. The maximum atomic E-state index is 11.9. The van der Waals surface area contributed by atoms with Gasteiger partial charge >= 0.3 is 5.97 Å². The predicted molar refractivity (Wildman–Crippen MR) is 72.1 cm³/mol. The molecule has 0 saturated heterocycles. The van der Waals surface area contributed by atoms with Gasteiger partial charge in [-0.05, 0) is 38.2 Å². The molecule has 0 saturated carbocycles. The third-order valence-electron chi connectivity index (χ3n) is 2.37. The largest absolute Gasteiger partial charge is 0.478 e. The fraction of sp³-hybridized carbons (Fsp3) is 0.364. The highest BCUT2D eigenvalue weighted by atomic mass is 35.5. The lowest BCUT2D eigenvalue weighted by Gasteiger charge is -2.08. The molecule has 1 rings (SSSR count). The van der Waals surface area contributed by atoms with E-state index >= 15 is 0 Å². The van der Waals surface area contributed by atoms with E-state index in [0.717, 1.165) is 6.07 Å². The highest BCUT2D eigenvalue weighted by Crippen LogP contribution is 2.20. The van der Waals surface area contributed by atoms with Crippen molar-refractivity contribution in [3.8, 4) is 0 Å². The number of rotatable bonds is 7. The van der Waals surface area contributed by atoms with Crippen molar-refractivity contribution in [2.75, 3.05) is 20.1 Å². The van der Waals surface area contributed by atoms with Gasteiger partial charge in [0.15, 0.2) is 0 Å². The Labute approximate surface area is 116 Å². The van der Waals surface area contributed by atoms with Crippen LogP contribution < -0.4 is 10.0 Å². The Morgan fingerprint density at radius 3 is 2.63 bits per heavy atom. The number of hydrogen-bond donors (Lipinski definition) is 3. The smallest absolute Gasteiger partial charge is 0.337 e. The van der Waals surface area contributed by atoms with E-state index in [9.17, 15) is 13.2 Å². The van der Waals surface area contributed by atoms with Gasteiger partial charge in [-0.3, -0.25) is 0 Å². The number of sulfonamides is 1. The number of halogens is 1. The Balaban J connectivity index is 2.89. The van der Waals surface area contributed by atoms with Crippen molar-refractivity contribution in [1.82, 2.24) is 10.0 Å². The van der Waals surface area contributed by atoms with Crippen LogP contribution in [0.2, 0.25) is 5.02 Å². The maximum Gasteiger partial charge on any atom is 0.337 e. The third-order valence-corrected chi connectivity index (χ3v) is 4.16. The number of nitrogens with one attached hydrogen (secondary N) is 2. The van der Waals surface area contributed by atoms with Gasteiger partial charge in [-0.15, -0.1) is 0 Å². The van der Waals surface area contributed by atoms with Crippen LogP contribution in [0.3, 0.4) is 0 Å². The molecule has 106 valence electrons. The molecule has 1 aromatic rings. The van der Waals surface area contributed by atoms with Crippen LogP contribution in [-0.2, 0) is 10.0 Å². The quantitative estimate of drug-likeness (QED) is 0.651. The summed E-state index contributed by atoms with van der Waals surface area (Å²) in [6.07, 6.45) is 0.634. The van der Waals surface area contributed by atoms with E-state index in [1.165, 1.54) is 12.1 Å². The van der Waals surface area contributed by atoms with E-state index in [0.29, 0.717) is 13.0 Å². The standard InChI is InChI=1S/C11H15ClN2O4S/c1-13-5-2-6-14-19(17,18)8-3-4-10(12)9(7-8)11(15)16/h3-4,7,13-14H,2,5-6H2,1H3,(H,15,16). The van der Waals surface area contributed by atoms with Crippen molar-refractivity contribution < 1.29 is 18.3 Å². The molecule has 0 aliphatic heterocycles.